The second-order valence-corrected chi connectivity index (χ2v) is 4.97. The van der Waals surface area contributed by atoms with Gasteiger partial charge in [0.25, 0.3) is 0 Å². The monoisotopic (exact) mass is 312 g/mol. The highest BCUT2D eigenvalue weighted by Gasteiger charge is 2.15. The van der Waals surface area contributed by atoms with E-state index in [-0.39, 0.29) is 18.6 Å². The molecule has 0 aliphatic carbocycles. The topological polar surface area (TPSA) is 47.3 Å². The van der Waals surface area contributed by atoms with Gasteiger partial charge in [-0.05, 0) is 42.8 Å². The molecule has 2 rings (SSSR count). The normalized spacial score (nSPS) is 12.2. The van der Waals surface area contributed by atoms with Crippen molar-refractivity contribution in [3.63, 3.8) is 0 Å². The van der Waals surface area contributed by atoms with E-state index in [2.05, 4.69) is 5.43 Å². The predicted octanol–water partition coefficient (Wildman–Crippen LogP) is 3.07. The van der Waals surface area contributed by atoms with Gasteiger partial charge in [-0.3, -0.25) is 11.3 Å². The fraction of sp³-hybridized carbons (Fsp3) is 0.200. The summed E-state index contributed by atoms with van der Waals surface area (Å²) in [5, 5.41) is 0.601. The molecule has 0 aromatic heterocycles. The summed E-state index contributed by atoms with van der Waals surface area (Å²) >= 11 is 5.77. The van der Waals surface area contributed by atoms with Crippen LogP contribution in [0.15, 0.2) is 42.5 Å². The molecule has 2 aromatic carbocycles. The van der Waals surface area contributed by atoms with Crippen LogP contribution >= 0.6 is 11.6 Å². The van der Waals surface area contributed by atoms with Crippen LogP contribution in [-0.4, -0.2) is 12.6 Å². The summed E-state index contributed by atoms with van der Waals surface area (Å²) in [4.78, 5) is 0. The molecule has 3 N–H and O–H groups in total. The maximum Gasteiger partial charge on any atom is 0.129 e. The van der Waals surface area contributed by atoms with E-state index in [0.717, 1.165) is 0 Å². The van der Waals surface area contributed by atoms with Gasteiger partial charge in [0.05, 0.1) is 6.04 Å². The molecular weight excluding hydrogens is 298 g/mol. The fourth-order valence-electron chi connectivity index (χ4n) is 1.87. The number of hydrogen-bond acceptors (Lipinski definition) is 3. The van der Waals surface area contributed by atoms with E-state index in [1.54, 1.807) is 24.3 Å². The van der Waals surface area contributed by atoms with E-state index in [1.165, 1.54) is 18.2 Å². The Morgan fingerprint density at radius 1 is 1.10 bits per heavy atom. The summed E-state index contributed by atoms with van der Waals surface area (Å²) in [6, 6.07) is 10.1. The van der Waals surface area contributed by atoms with Crippen LogP contribution in [-0.2, 0) is 6.42 Å². The third kappa shape index (κ3) is 4.39. The minimum absolute atomic E-state index is 0.0137. The van der Waals surface area contributed by atoms with E-state index in [1.807, 2.05) is 0 Å². The van der Waals surface area contributed by atoms with Gasteiger partial charge in [0.2, 0.25) is 0 Å². The highest BCUT2D eigenvalue weighted by molar-refractivity contribution is 6.30. The van der Waals surface area contributed by atoms with Crippen molar-refractivity contribution in [2.45, 2.75) is 12.5 Å². The van der Waals surface area contributed by atoms with Crippen molar-refractivity contribution in [1.29, 1.82) is 0 Å². The van der Waals surface area contributed by atoms with Gasteiger partial charge in [0, 0.05) is 10.6 Å². The molecule has 6 heteroatoms. The number of nitrogens with one attached hydrogen (secondary N) is 1. The van der Waals surface area contributed by atoms with E-state index in [0.29, 0.717) is 10.8 Å². The lowest BCUT2D eigenvalue weighted by atomic mass is 10.1. The lowest BCUT2D eigenvalue weighted by Gasteiger charge is -2.17. The van der Waals surface area contributed by atoms with Gasteiger partial charge >= 0.3 is 0 Å². The van der Waals surface area contributed by atoms with Crippen LogP contribution in [0.3, 0.4) is 0 Å². The van der Waals surface area contributed by atoms with Gasteiger partial charge in [-0.1, -0.05) is 17.7 Å². The van der Waals surface area contributed by atoms with E-state index in [4.69, 9.17) is 22.2 Å². The van der Waals surface area contributed by atoms with Gasteiger partial charge in [0.1, 0.15) is 24.0 Å². The molecule has 0 radical (unpaired) electrons. The minimum Gasteiger partial charge on any atom is -0.492 e. The number of rotatable bonds is 6. The third-order valence-corrected chi connectivity index (χ3v) is 3.26. The van der Waals surface area contributed by atoms with Crippen LogP contribution in [0.5, 0.6) is 5.75 Å². The molecule has 1 unspecified atom stereocenters. The summed E-state index contributed by atoms with van der Waals surface area (Å²) in [7, 11) is 0. The number of hydrazine groups is 1. The third-order valence-electron chi connectivity index (χ3n) is 3.01. The van der Waals surface area contributed by atoms with Crippen LogP contribution in [0.4, 0.5) is 8.78 Å². The molecule has 0 saturated carbocycles. The zero-order chi connectivity index (χ0) is 15.2. The predicted molar refractivity (Wildman–Crippen MR) is 78.1 cm³/mol. The zero-order valence-electron chi connectivity index (χ0n) is 11.2. The van der Waals surface area contributed by atoms with Gasteiger partial charge in [0.15, 0.2) is 0 Å². The molecule has 0 heterocycles. The van der Waals surface area contributed by atoms with Crippen LogP contribution in [0, 0.1) is 11.6 Å². The molecule has 112 valence electrons. The van der Waals surface area contributed by atoms with Crippen molar-refractivity contribution in [3.05, 3.63) is 64.7 Å². The quantitative estimate of drug-likeness (QED) is 0.636. The summed E-state index contributed by atoms with van der Waals surface area (Å²) in [5.74, 6) is 4.83. The maximum atomic E-state index is 13.6. The SMILES string of the molecule is NNC(COc1ccc(Cl)cc1)Cc1c(F)cccc1F. The average Bonchev–Trinajstić information content (AvgIpc) is 2.48. The number of nitrogens with two attached hydrogens (primary N) is 1. The van der Waals surface area contributed by atoms with Crippen LogP contribution in [0.1, 0.15) is 5.56 Å². The second kappa shape index (κ2) is 7.36. The first-order chi connectivity index (χ1) is 10.1. The molecule has 0 amide bonds. The first-order valence-electron chi connectivity index (χ1n) is 6.37. The molecule has 0 aliphatic heterocycles. The maximum absolute atomic E-state index is 13.6. The van der Waals surface area contributed by atoms with Crippen molar-refractivity contribution in [3.8, 4) is 5.75 Å². The largest absolute Gasteiger partial charge is 0.492 e. The minimum atomic E-state index is -0.596. The van der Waals surface area contributed by atoms with Gasteiger partial charge in [-0.2, -0.15) is 0 Å². The summed E-state index contributed by atoms with van der Waals surface area (Å²) in [6.45, 7) is 0.173. The molecule has 3 nitrogen and oxygen atoms in total. The van der Waals surface area contributed by atoms with E-state index >= 15 is 0 Å². The molecule has 2 aromatic rings. The van der Waals surface area contributed by atoms with Crippen molar-refractivity contribution >= 4 is 11.6 Å². The van der Waals surface area contributed by atoms with Crippen LogP contribution in [0.25, 0.3) is 0 Å². The molecule has 21 heavy (non-hydrogen) atoms. The summed E-state index contributed by atoms with van der Waals surface area (Å²) in [6.07, 6.45) is 0.0859. The first-order valence-corrected chi connectivity index (χ1v) is 6.75. The Labute approximate surface area is 126 Å². The summed E-state index contributed by atoms with van der Waals surface area (Å²) in [5.41, 5.74) is 2.49. The average molecular weight is 313 g/mol. The van der Waals surface area contributed by atoms with Crippen LogP contribution in [0.2, 0.25) is 5.02 Å². The number of hydrogen-bond donors (Lipinski definition) is 2. The van der Waals surface area contributed by atoms with E-state index < -0.39 is 17.7 Å². The molecule has 0 bridgehead atoms. The van der Waals surface area contributed by atoms with Crippen molar-refractivity contribution in [2.75, 3.05) is 6.61 Å². The molecular formula is C15H15ClF2N2O. The smallest absolute Gasteiger partial charge is 0.129 e. The number of benzene rings is 2. The van der Waals surface area contributed by atoms with Crippen molar-refractivity contribution in [2.24, 2.45) is 5.84 Å². The highest BCUT2D eigenvalue weighted by Crippen LogP contribution is 2.17. The first kappa shape index (κ1) is 15.7. The zero-order valence-corrected chi connectivity index (χ0v) is 11.9. The van der Waals surface area contributed by atoms with E-state index in [9.17, 15) is 8.78 Å². The Morgan fingerprint density at radius 2 is 1.71 bits per heavy atom. The summed E-state index contributed by atoms with van der Waals surface area (Å²) < 4.78 is 32.7. The molecule has 1 atom stereocenters. The molecule has 0 spiro atoms. The van der Waals surface area contributed by atoms with Gasteiger partial charge in [-0.15, -0.1) is 0 Å². The molecule has 0 aliphatic rings. The van der Waals surface area contributed by atoms with Crippen molar-refractivity contribution in [1.82, 2.24) is 5.43 Å². The molecule has 0 fully saturated rings. The van der Waals surface area contributed by atoms with Gasteiger partial charge in [-0.25, -0.2) is 8.78 Å². The van der Waals surface area contributed by atoms with Crippen LogP contribution < -0.4 is 16.0 Å². The Kier molecular flexibility index (Phi) is 5.50. The van der Waals surface area contributed by atoms with Crippen molar-refractivity contribution < 1.29 is 13.5 Å². The Balaban J connectivity index is 1.98. The Morgan fingerprint density at radius 3 is 2.29 bits per heavy atom. The number of halogens is 3. The molecule has 0 saturated heterocycles. The standard InChI is InChI=1S/C15H15ClF2N2O/c16-10-4-6-12(7-5-10)21-9-11(20-19)8-13-14(17)2-1-3-15(13)18/h1-7,11,20H,8-9,19H2. The Hall–Kier alpha value is -1.69. The van der Waals surface area contributed by atoms with Gasteiger partial charge < -0.3 is 4.74 Å². The highest BCUT2D eigenvalue weighted by atomic mass is 35.5. The second-order valence-electron chi connectivity index (χ2n) is 4.53. The Bertz CT molecular complexity index is 572. The lowest BCUT2D eigenvalue weighted by Crippen LogP contribution is -2.41. The number of ether oxygens (including phenoxy) is 1. The lowest BCUT2D eigenvalue weighted by molar-refractivity contribution is 0.262. The fourth-order valence-corrected chi connectivity index (χ4v) is 1.99.